The van der Waals surface area contributed by atoms with Gasteiger partial charge in [-0.1, -0.05) is 13.0 Å². The molecule has 0 aliphatic carbocycles. The molecule has 2 amide bonds. The lowest BCUT2D eigenvalue weighted by Gasteiger charge is -2.14. The maximum absolute atomic E-state index is 12.2. The molecule has 0 N–H and O–H groups in total. The molecule has 1 heterocycles. The normalized spacial score (nSPS) is 16.6. The molecular weight excluding hydrogens is 314 g/mol. The van der Waals surface area contributed by atoms with E-state index < -0.39 is 0 Å². The lowest BCUT2D eigenvalue weighted by molar-refractivity contribution is -0.122. The van der Waals surface area contributed by atoms with Crippen LogP contribution in [0.25, 0.3) is 6.08 Å². The van der Waals surface area contributed by atoms with Crippen LogP contribution in [0, 0.1) is 0 Å². The quantitative estimate of drug-likeness (QED) is 0.737. The van der Waals surface area contributed by atoms with Crippen molar-refractivity contribution >= 4 is 29.0 Å². The number of carbonyl (C=O) groups excluding carboxylic acids is 2. The fraction of sp³-hybridized carbons (Fsp3) is 0.412. The molecule has 2 rings (SSSR count). The summed E-state index contributed by atoms with van der Waals surface area (Å²) in [7, 11) is 1.57. The van der Waals surface area contributed by atoms with Crippen molar-refractivity contribution in [1.82, 2.24) is 4.90 Å². The molecule has 5 nitrogen and oxygen atoms in total. The van der Waals surface area contributed by atoms with Crippen LogP contribution in [0.3, 0.4) is 0 Å². The van der Waals surface area contributed by atoms with Gasteiger partial charge in [0.05, 0.1) is 18.1 Å². The Morgan fingerprint density at radius 2 is 2.00 bits per heavy atom. The van der Waals surface area contributed by atoms with Crippen LogP contribution in [0.4, 0.5) is 4.79 Å². The highest BCUT2D eigenvalue weighted by Gasteiger charge is 2.34. The molecule has 1 aliphatic heterocycles. The number of nitrogens with zero attached hydrogens (tertiary/aromatic N) is 1. The number of thioether (sulfide) groups is 1. The lowest BCUT2D eigenvalue weighted by Crippen LogP contribution is -2.28. The van der Waals surface area contributed by atoms with E-state index in [0.717, 1.165) is 23.7 Å². The first-order chi connectivity index (χ1) is 11.0. The number of carbonyl (C=O) groups is 2. The average Bonchev–Trinajstić information content (AvgIpc) is 2.76. The minimum atomic E-state index is -0.233. The van der Waals surface area contributed by atoms with E-state index in [0.29, 0.717) is 22.9 Å². The number of benzene rings is 1. The molecule has 1 aliphatic rings. The number of ether oxygens (including phenoxy) is 2. The van der Waals surface area contributed by atoms with E-state index in [-0.39, 0.29) is 17.3 Å². The van der Waals surface area contributed by atoms with Crippen LogP contribution in [0.1, 0.15) is 32.8 Å². The Morgan fingerprint density at radius 3 is 2.61 bits per heavy atom. The minimum Gasteiger partial charge on any atom is -0.493 e. The lowest BCUT2D eigenvalue weighted by atomic mass is 10.2. The summed E-state index contributed by atoms with van der Waals surface area (Å²) in [5, 5.41) is -0.213. The largest absolute Gasteiger partial charge is 0.493 e. The van der Waals surface area contributed by atoms with Crippen LogP contribution < -0.4 is 9.47 Å². The molecule has 124 valence electrons. The van der Waals surface area contributed by atoms with Gasteiger partial charge >= 0.3 is 0 Å². The van der Waals surface area contributed by atoms with Crippen LogP contribution in [-0.2, 0) is 4.79 Å². The highest BCUT2D eigenvalue weighted by molar-refractivity contribution is 8.18. The maximum atomic E-state index is 12.2. The van der Waals surface area contributed by atoms with Gasteiger partial charge in [-0.25, -0.2) is 0 Å². The smallest absolute Gasteiger partial charge is 0.293 e. The van der Waals surface area contributed by atoms with Crippen molar-refractivity contribution in [2.24, 2.45) is 0 Å². The molecule has 0 radical (unpaired) electrons. The molecule has 1 aromatic carbocycles. The van der Waals surface area contributed by atoms with Crippen LogP contribution in [0.2, 0.25) is 0 Å². The maximum Gasteiger partial charge on any atom is 0.293 e. The molecule has 0 atom stereocenters. The van der Waals surface area contributed by atoms with E-state index in [9.17, 15) is 9.59 Å². The van der Waals surface area contributed by atoms with Gasteiger partial charge in [-0.05, 0) is 55.8 Å². The highest BCUT2D eigenvalue weighted by atomic mass is 32.2. The molecule has 0 saturated carbocycles. The monoisotopic (exact) mass is 335 g/mol. The van der Waals surface area contributed by atoms with Gasteiger partial charge in [0.15, 0.2) is 11.5 Å². The van der Waals surface area contributed by atoms with Gasteiger partial charge in [0.1, 0.15) is 0 Å². The number of methoxy groups -OCH3 is 1. The summed E-state index contributed by atoms with van der Waals surface area (Å²) in [5.41, 5.74) is 0.792. The Hall–Kier alpha value is -1.95. The summed E-state index contributed by atoms with van der Waals surface area (Å²) in [5.74, 6) is 1.02. The number of imide groups is 1. The third-order valence-electron chi connectivity index (χ3n) is 3.17. The summed E-state index contributed by atoms with van der Waals surface area (Å²) in [6, 6.07) is 5.44. The molecule has 23 heavy (non-hydrogen) atoms. The van der Waals surface area contributed by atoms with Gasteiger partial charge < -0.3 is 9.47 Å². The summed E-state index contributed by atoms with van der Waals surface area (Å²) >= 11 is 0.971. The van der Waals surface area contributed by atoms with Crippen molar-refractivity contribution in [3.05, 3.63) is 28.7 Å². The van der Waals surface area contributed by atoms with Gasteiger partial charge in [0.25, 0.3) is 11.1 Å². The standard InChI is InChI=1S/C17H21NO4S/c1-5-8-18-16(19)15(23-17(18)20)10-12-6-7-13(22-11(2)3)14(9-12)21-4/h6-7,9-11H,5,8H2,1-4H3/b15-10+. The van der Waals surface area contributed by atoms with Gasteiger partial charge in [-0.2, -0.15) is 0 Å². The molecule has 0 aromatic heterocycles. The second-order valence-electron chi connectivity index (χ2n) is 5.41. The van der Waals surface area contributed by atoms with Crippen molar-refractivity contribution in [3.63, 3.8) is 0 Å². The molecule has 1 fully saturated rings. The Balaban J connectivity index is 2.26. The van der Waals surface area contributed by atoms with Crippen molar-refractivity contribution in [2.45, 2.75) is 33.3 Å². The number of hydrogen-bond donors (Lipinski definition) is 0. The zero-order valence-corrected chi connectivity index (χ0v) is 14.6. The fourth-order valence-electron chi connectivity index (χ4n) is 2.19. The zero-order chi connectivity index (χ0) is 17.0. The van der Waals surface area contributed by atoms with Gasteiger partial charge in [-0.3, -0.25) is 14.5 Å². The van der Waals surface area contributed by atoms with E-state index in [4.69, 9.17) is 9.47 Å². The van der Waals surface area contributed by atoms with Crippen LogP contribution >= 0.6 is 11.8 Å². The van der Waals surface area contributed by atoms with Gasteiger partial charge in [-0.15, -0.1) is 0 Å². The molecule has 1 saturated heterocycles. The molecule has 0 bridgehead atoms. The first-order valence-corrected chi connectivity index (χ1v) is 8.38. The number of hydrogen-bond acceptors (Lipinski definition) is 5. The molecule has 0 spiro atoms. The SMILES string of the molecule is CCCN1C(=O)S/C(=C/c2ccc(OC(C)C)c(OC)c2)C1=O. The molecule has 0 unspecified atom stereocenters. The number of rotatable bonds is 6. The van der Waals surface area contributed by atoms with Crippen molar-refractivity contribution < 1.29 is 19.1 Å². The van der Waals surface area contributed by atoms with E-state index in [1.165, 1.54) is 4.90 Å². The van der Waals surface area contributed by atoms with E-state index >= 15 is 0 Å². The first kappa shape index (κ1) is 17.4. The van der Waals surface area contributed by atoms with Crippen LogP contribution in [0.5, 0.6) is 11.5 Å². The number of amides is 2. The predicted molar refractivity (Wildman–Crippen MR) is 91.7 cm³/mol. The molecule has 1 aromatic rings. The Morgan fingerprint density at radius 1 is 1.26 bits per heavy atom. The van der Waals surface area contributed by atoms with E-state index in [1.807, 2.05) is 26.8 Å². The average molecular weight is 335 g/mol. The summed E-state index contributed by atoms with van der Waals surface area (Å²) in [6.07, 6.45) is 2.50. The first-order valence-electron chi connectivity index (χ1n) is 7.56. The topological polar surface area (TPSA) is 55.8 Å². The Bertz CT molecular complexity index is 639. The fourth-order valence-corrected chi connectivity index (χ4v) is 3.06. The van der Waals surface area contributed by atoms with Gasteiger partial charge in [0, 0.05) is 6.54 Å². The van der Waals surface area contributed by atoms with Crippen molar-refractivity contribution in [1.29, 1.82) is 0 Å². The third-order valence-corrected chi connectivity index (χ3v) is 4.08. The third kappa shape index (κ3) is 4.07. The van der Waals surface area contributed by atoms with Crippen LogP contribution in [0.15, 0.2) is 23.1 Å². The summed E-state index contributed by atoms with van der Waals surface area (Å²) in [4.78, 5) is 25.8. The van der Waals surface area contributed by atoms with Gasteiger partial charge in [0.2, 0.25) is 0 Å². The minimum absolute atomic E-state index is 0.0419. The van der Waals surface area contributed by atoms with Crippen LogP contribution in [-0.4, -0.2) is 35.8 Å². The summed E-state index contributed by atoms with van der Waals surface area (Å²) < 4.78 is 11.0. The van der Waals surface area contributed by atoms with E-state index in [2.05, 4.69) is 0 Å². The van der Waals surface area contributed by atoms with Crippen molar-refractivity contribution in [2.75, 3.05) is 13.7 Å². The predicted octanol–water partition coefficient (Wildman–Crippen LogP) is 3.93. The van der Waals surface area contributed by atoms with Crippen molar-refractivity contribution in [3.8, 4) is 11.5 Å². The molecule has 6 heteroatoms. The summed E-state index contributed by atoms with van der Waals surface area (Å²) in [6.45, 7) is 6.27. The Kier molecular flexibility index (Phi) is 5.71. The second-order valence-corrected chi connectivity index (χ2v) is 6.40. The zero-order valence-electron chi connectivity index (χ0n) is 13.8. The van der Waals surface area contributed by atoms with E-state index in [1.54, 1.807) is 25.3 Å². The Labute approximate surface area is 140 Å². The highest BCUT2D eigenvalue weighted by Crippen LogP contribution is 2.34. The molecular formula is C17H21NO4S. The second kappa shape index (κ2) is 7.55.